The van der Waals surface area contributed by atoms with Gasteiger partial charge in [-0.05, 0) is 24.6 Å². The smallest absolute Gasteiger partial charge is 0.266 e. The number of amides is 2. The normalized spacial score (nSPS) is 15.8. The zero-order valence-corrected chi connectivity index (χ0v) is 16.8. The fraction of sp³-hybridized carbons (Fsp3) is 0.188. The van der Waals surface area contributed by atoms with Crippen LogP contribution in [0.15, 0.2) is 29.2 Å². The number of halogens is 1. The lowest BCUT2D eigenvalue weighted by Gasteiger charge is -2.13. The highest BCUT2D eigenvalue weighted by Gasteiger charge is 2.32. The SMILES string of the molecule is Cc1nnc(NC(=O)CCN2C(=O)/C(=C\c3ccccc3Cl)SC2=S)s1. The standard InChI is InChI=1S/C16H13ClN4O2S3/c1-9-19-20-15(25-9)18-13(22)6-7-21-14(23)12(26-16(21)24)8-10-4-2-3-5-11(10)17/h2-5,8H,6-7H2,1H3,(H,18,20,22)/b12-8+. The van der Waals surface area contributed by atoms with Crippen LogP contribution < -0.4 is 5.32 Å². The molecule has 0 radical (unpaired) electrons. The minimum Gasteiger partial charge on any atom is -0.300 e. The number of rotatable bonds is 5. The summed E-state index contributed by atoms with van der Waals surface area (Å²) in [5.41, 5.74) is 0.749. The van der Waals surface area contributed by atoms with Gasteiger partial charge >= 0.3 is 0 Å². The van der Waals surface area contributed by atoms with Gasteiger partial charge in [-0.15, -0.1) is 10.2 Å². The van der Waals surface area contributed by atoms with Crippen LogP contribution in [0.2, 0.25) is 5.02 Å². The third-order valence-corrected chi connectivity index (χ3v) is 5.88. The number of anilines is 1. The minimum absolute atomic E-state index is 0.116. The summed E-state index contributed by atoms with van der Waals surface area (Å²) in [7, 11) is 0. The van der Waals surface area contributed by atoms with Gasteiger partial charge in [0, 0.05) is 18.0 Å². The van der Waals surface area contributed by atoms with Crippen molar-refractivity contribution < 1.29 is 9.59 Å². The van der Waals surface area contributed by atoms with Crippen LogP contribution in [0.5, 0.6) is 0 Å². The van der Waals surface area contributed by atoms with Gasteiger partial charge in [-0.1, -0.05) is 65.1 Å². The third kappa shape index (κ3) is 4.47. The predicted molar refractivity (Wildman–Crippen MR) is 109 cm³/mol. The lowest BCUT2D eigenvalue weighted by atomic mass is 10.2. The van der Waals surface area contributed by atoms with Crippen LogP contribution in [0.25, 0.3) is 6.08 Å². The van der Waals surface area contributed by atoms with Gasteiger partial charge < -0.3 is 5.32 Å². The van der Waals surface area contributed by atoms with Crippen LogP contribution in [0.1, 0.15) is 17.0 Å². The van der Waals surface area contributed by atoms with Gasteiger partial charge in [-0.2, -0.15) is 0 Å². The Hall–Kier alpha value is -1.81. The summed E-state index contributed by atoms with van der Waals surface area (Å²) in [4.78, 5) is 26.5. The molecule has 1 N–H and O–H groups in total. The van der Waals surface area contributed by atoms with Crippen molar-refractivity contribution in [2.75, 3.05) is 11.9 Å². The number of nitrogens with zero attached hydrogens (tertiary/aromatic N) is 3. The summed E-state index contributed by atoms with van der Waals surface area (Å²) in [5, 5.41) is 12.1. The van der Waals surface area contributed by atoms with Crippen molar-refractivity contribution in [1.29, 1.82) is 0 Å². The number of aryl methyl sites for hydroxylation is 1. The summed E-state index contributed by atoms with van der Waals surface area (Å²) in [6.07, 6.45) is 1.83. The number of nitrogens with one attached hydrogen (secondary N) is 1. The van der Waals surface area contributed by atoms with E-state index in [0.717, 1.165) is 10.6 Å². The maximum absolute atomic E-state index is 12.6. The van der Waals surface area contributed by atoms with Gasteiger partial charge in [0.2, 0.25) is 11.0 Å². The first-order valence-corrected chi connectivity index (χ1v) is 9.96. The van der Waals surface area contributed by atoms with Crippen molar-refractivity contribution in [2.24, 2.45) is 0 Å². The first-order valence-electron chi connectivity index (χ1n) is 7.54. The molecule has 2 amide bonds. The van der Waals surface area contributed by atoms with Gasteiger partial charge in [0.05, 0.1) is 4.91 Å². The predicted octanol–water partition coefficient (Wildman–Crippen LogP) is 3.73. The number of hydrogen-bond acceptors (Lipinski definition) is 7. The molecule has 1 aromatic heterocycles. The molecule has 1 aromatic carbocycles. The van der Waals surface area contributed by atoms with E-state index in [0.29, 0.717) is 19.4 Å². The highest BCUT2D eigenvalue weighted by Crippen LogP contribution is 2.33. The maximum atomic E-state index is 12.6. The fourth-order valence-electron chi connectivity index (χ4n) is 2.17. The molecular formula is C16H13ClN4O2S3. The molecule has 0 bridgehead atoms. The van der Waals surface area contributed by atoms with E-state index in [1.807, 2.05) is 18.2 Å². The molecule has 2 heterocycles. The molecule has 2 aromatic rings. The first kappa shape index (κ1) is 19.0. The molecule has 1 aliphatic heterocycles. The van der Waals surface area contributed by atoms with Crippen LogP contribution in [0.4, 0.5) is 5.13 Å². The monoisotopic (exact) mass is 424 g/mol. The number of thioether (sulfide) groups is 1. The topological polar surface area (TPSA) is 75.2 Å². The quantitative estimate of drug-likeness (QED) is 0.582. The number of carbonyl (C=O) groups excluding carboxylic acids is 2. The van der Waals surface area contributed by atoms with E-state index >= 15 is 0 Å². The number of carbonyl (C=O) groups is 2. The molecule has 0 spiro atoms. The van der Waals surface area contributed by atoms with Crippen LogP contribution >= 0.6 is 46.9 Å². The van der Waals surface area contributed by atoms with Crippen molar-refractivity contribution in [3.63, 3.8) is 0 Å². The summed E-state index contributed by atoms with van der Waals surface area (Å²) < 4.78 is 0.424. The Morgan fingerprint density at radius 1 is 1.38 bits per heavy atom. The first-order chi connectivity index (χ1) is 12.4. The van der Waals surface area contributed by atoms with Crippen LogP contribution in [0.3, 0.4) is 0 Å². The second-order valence-corrected chi connectivity index (χ2v) is 8.54. The van der Waals surface area contributed by atoms with Crippen molar-refractivity contribution >= 4 is 74.3 Å². The molecule has 3 rings (SSSR count). The van der Waals surface area contributed by atoms with E-state index in [2.05, 4.69) is 15.5 Å². The molecule has 1 saturated heterocycles. The Morgan fingerprint density at radius 3 is 2.85 bits per heavy atom. The van der Waals surface area contributed by atoms with E-state index < -0.39 is 0 Å². The zero-order valence-electron chi connectivity index (χ0n) is 13.6. The van der Waals surface area contributed by atoms with Gasteiger partial charge in [0.1, 0.15) is 9.33 Å². The highest BCUT2D eigenvalue weighted by molar-refractivity contribution is 8.26. The summed E-state index contributed by atoms with van der Waals surface area (Å²) in [6.45, 7) is 2.01. The second kappa shape index (κ2) is 8.26. The maximum Gasteiger partial charge on any atom is 0.266 e. The van der Waals surface area contributed by atoms with E-state index in [9.17, 15) is 9.59 Å². The second-order valence-electron chi connectivity index (χ2n) is 5.28. The molecule has 0 atom stereocenters. The third-order valence-electron chi connectivity index (χ3n) is 3.40. The number of thiocarbonyl (C=S) groups is 1. The van der Waals surface area contributed by atoms with E-state index in [1.165, 1.54) is 28.0 Å². The summed E-state index contributed by atoms with van der Waals surface area (Å²) in [5.74, 6) is -0.468. The lowest BCUT2D eigenvalue weighted by Crippen LogP contribution is -2.31. The van der Waals surface area contributed by atoms with Crippen molar-refractivity contribution in [3.05, 3.63) is 44.8 Å². The molecule has 26 heavy (non-hydrogen) atoms. The molecule has 0 saturated carbocycles. The Bertz CT molecular complexity index is 912. The highest BCUT2D eigenvalue weighted by atomic mass is 35.5. The molecule has 0 unspecified atom stereocenters. The summed E-state index contributed by atoms with van der Waals surface area (Å²) in [6, 6.07) is 7.25. The molecule has 1 fully saturated rings. The van der Waals surface area contributed by atoms with Gasteiger partial charge in [-0.3, -0.25) is 14.5 Å². The van der Waals surface area contributed by atoms with Gasteiger partial charge in [0.15, 0.2) is 0 Å². The minimum atomic E-state index is -0.245. The Balaban J connectivity index is 1.62. The Labute approximate surface area is 168 Å². The Kier molecular flexibility index (Phi) is 6.02. The van der Waals surface area contributed by atoms with E-state index in [1.54, 1.807) is 19.1 Å². The zero-order chi connectivity index (χ0) is 18.7. The van der Waals surface area contributed by atoms with Crippen LogP contribution in [-0.2, 0) is 9.59 Å². The average molecular weight is 425 g/mol. The Morgan fingerprint density at radius 2 is 2.15 bits per heavy atom. The van der Waals surface area contributed by atoms with Gasteiger partial charge in [-0.25, -0.2) is 0 Å². The fourth-order valence-corrected chi connectivity index (χ4v) is 4.27. The largest absolute Gasteiger partial charge is 0.300 e. The van der Waals surface area contributed by atoms with Crippen molar-refractivity contribution in [1.82, 2.24) is 15.1 Å². The molecule has 0 aliphatic carbocycles. The average Bonchev–Trinajstić information content (AvgIpc) is 3.11. The summed E-state index contributed by atoms with van der Waals surface area (Å²) >= 11 is 13.9. The lowest BCUT2D eigenvalue weighted by molar-refractivity contribution is -0.122. The van der Waals surface area contributed by atoms with Crippen LogP contribution in [-0.4, -0.2) is 37.8 Å². The molecule has 134 valence electrons. The molecule has 6 nitrogen and oxygen atoms in total. The number of benzene rings is 1. The van der Waals surface area contributed by atoms with Crippen molar-refractivity contribution in [3.8, 4) is 0 Å². The van der Waals surface area contributed by atoms with E-state index in [4.69, 9.17) is 23.8 Å². The van der Waals surface area contributed by atoms with E-state index in [-0.39, 0.29) is 24.8 Å². The molecule has 1 aliphatic rings. The number of aromatic nitrogens is 2. The molecular weight excluding hydrogens is 412 g/mol. The van der Waals surface area contributed by atoms with Gasteiger partial charge in [0.25, 0.3) is 5.91 Å². The van der Waals surface area contributed by atoms with Crippen LogP contribution in [0, 0.1) is 6.92 Å². The molecule has 10 heteroatoms. The van der Waals surface area contributed by atoms with Crippen molar-refractivity contribution in [2.45, 2.75) is 13.3 Å². The number of hydrogen-bond donors (Lipinski definition) is 1.